The molecule has 0 aliphatic carbocycles. The molecule has 0 aliphatic rings. The number of hydrogen-bond donors (Lipinski definition) is 0. The molecule has 104 valence electrons. The van der Waals surface area contributed by atoms with E-state index in [1.807, 2.05) is 24.3 Å². The van der Waals surface area contributed by atoms with Gasteiger partial charge in [0.1, 0.15) is 17.2 Å². The smallest absolute Gasteiger partial charge is 0.153 e. The van der Waals surface area contributed by atoms with Crippen LogP contribution in [-0.4, -0.2) is 16.1 Å². The maximum absolute atomic E-state index is 13.8. The maximum Gasteiger partial charge on any atom is 0.153 e. The normalized spacial score (nSPS) is 10.6. The Labute approximate surface area is 129 Å². The summed E-state index contributed by atoms with van der Waals surface area (Å²) >= 11 is 3.44. The molecule has 0 saturated heterocycles. The minimum absolute atomic E-state index is 0.305. The van der Waals surface area contributed by atoms with Crippen LogP contribution in [0.1, 0.15) is 10.4 Å². The molecule has 0 unspecified atom stereocenters. The molecule has 21 heavy (non-hydrogen) atoms. The third kappa shape index (κ3) is 2.52. The minimum Gasteiger partial charge on any atom is -0.298 e. The number of para-hydroxylation sites is 1. The fourth-order valence-electron chi connectivity index (χ4n) is 2.10. The molecule has 1 heterocycles. The molecular formula is C16H10BrFN2O. The van der Waals surface area contributed by atoms with Gasteiger partial charge in [-0.25, -0.2) is 9.07 Å². The molecule has 0 saturated carbocycles. The summed E-state index contributed by atoms with van der Waals surface area (Å²) in [7, 11) is 0. The van der Waals surface area contributed by atoms with Gasteiger partial charge < -0.3 is 0 Å². The molecule has 0 atom stereocenters. The Morgan fingerprint density at radius 2 is 1.81 bits per heavy atom. The molecule has 0 fully saturated rings. The van der Waals surface area contributed by atoms with Gasteiger partial charge in [-0.15, -0.1) is 0 Å². The Morgan fingerprint density at radius 3 is 2.52 bits per heavy atom. The van der Waals surface area contributed by atoms with Crippen LogP contribution in [-0.2, 0) is 0 Å². The summed E-state index contributed by atoms with van der Waals surface area (Å²) in [6.07, 6.45) is 2.25. The lowest BCUT2D eigenvalue weighted by Crippen LogP contribution is -1.98. The van der Waals surface area contributed by atoms with E-state index < -0.39 is 5.82 Å². The Morgan fingerprint density at radius 1 is 1.10 bits per heavy atom. The molecule has 0 amide bonds. The molecule has 1 aromatic heterocycles. The highest BCUT2D eigenvalue weighted by Gasteiger charge is 2.15. The fraction of sp³-hybridized carbons (Fsp3) is 0. The lowest BCUT2D eigenvalue weighted by molar-refractivity contribution is 0.112. The molecular weight excluding hydrogens is 335 g/mol. The molecule has 3 nitrogen and oxygen atoms in total. The van der Waals surface area contributed by atoms with E-state index in [4.69, 9.17) is 0 Å². The highest BCUT2D eigenvalue weighted by atomic mass is 79.9. The number of benzene rings is 2. The van der Waals surface area contributed by atoms with Crippen molar-refractivity contribution in [3.63, 3.8) is 0 Å². The van der Waals surface area contributed by atoms with Gasteiger partial charge in [0.15, 0.2) is 6.29 Å². The third-order valence-electron chi connectivity index (χ3n) is 3.10. The predicted octanol–water partition coefficient (Wildman–Crippen LogP) is 4.25. The average Bonchev–Trinajstić information content (AvgIpc) is 2.92. The van der Waals surface area contributed by atoms with Gasteiger partial charge in [0.05, 0.1) is 5.56 Å². The number of aromatic nitrogens is 2. The number of nitrogens with zero attached hydrogens (tertiary/aromatic N) is 2. The zero-order chi connectivity index (χ0) is 14.8. The first kappa shape index (κ1) is 13.7. The summed E-state index contributed by atoms with van der Waals surface area (Å²) in [6.45, 7) is 0. The number of carbonyl (C=O) groups excluding carboxylic acids is 1. The van der Waals surface area contributed by atoms with Gasteiger partial charge in [0.25, 0.3) is 0 Å². The van der Waals surface area contributed by atoms with Crippen LogP contribution in [0.15, 0.2) is 59.2 Å². The number of halogens is 2. The van der Waals surface area contributed by atoms with Crippen LogP contribution in [0.4, 0.5) is 4.39 Å². The van der Waals surface area contributed by atoms with Crippen LogP contribution in [0.25, 0.3) is 16.9 Å². The molecule has 0 N–H and O–H groups in total. The van der Waals surface area contributed by atoms with Gasteiger partial charge in [-0.1, -0.05) is 46.3 Å². The van der Waals surface area contributed by atoms with Gasteiger partial charge in [-0.2, -0.15) is 5.10 Å². The van der Waals surface area contributed by atoms with E-state index in [9.17, 15) is 9.18 Å². The van der Waals surface area contributed by atoms with Gasteiger partial charge >= 0.3 is 0 Å². The van der Waals surface area contributed by atoms with Crippen LogP contribution in [0, 0.1) is 5.82 Å². The van der Waals surface area contributed by atoms with Gasteiger partial charge in [0, 0.05) is 16.2 Å². The van der Waals surface area contributed by atoms with Crippen molar-refractivity contribution in [1.29, 1.82) is 0 Å². The van der Waals surface area contributed by atoms with Crippen LogP contribution in [0.2, 0.25) is 0 Å². The summed E-state index contributed by atoms with van der Waals surface area (Å²) in [5.74, 6) is -0.392. The molecule has 3 aromatic rings. The second-order valence-corrected chi connectivity index (χ2v) is 5.28. The van der Waals surface area contributed by atoms with E-state index in [0.717, 1.165) is 16.3 Å². The number of aldehydes is 1. The van der Waals surface area contributed by atoms with Crippen molar-refractivity contribution < 1.29 is 9.18 Å². The van der Waals surface area contributed by atoms with E-state index in [2.05, 4.69) is 21.0 Å². The monoisotopic (exact) mass is 344 g/mol. The van der Waals surface area contributed by atoms with E-state index in [1.165, 1.54) is 16.9 Å². The predicted molar refractivity (Wildman–Crippen MR) is 82.0 cm³/mol. The molecule has 0 aliphatic heterocycles. The molecule has 0 bridgehead atoms. The topological polar surface area (TPSA) is 34.9 Å². The van der Waals surface area contributed by atoms with E-state index in [0.29, 0.717) is 16.9 Å². The van der Waals surface area contributed by atoms with Crippen molar-refractivity contribution in [3.8, 4) is 16.9 Å². The van der Waals surface area contributed by atoms with Gasteiger partial charge in [-0.05, 0) is 18.2 Å². The Balaban J connectivity index is 2.18. The first-order valence-corrected chi connectivity index (χ1v) is 7.04. The highest BCUT2D eigenvalue weighted by Crippen LogP contribution is 2.29. The first-order valence-electron chi connectivity index (χ1n) is 6.25. The van der Waals surface area contributed by atoms with E-state index in [1.54, 1.807) is 18.2 Å². The SMILES string of the molecule is O=Cc1cn(-c2ccccc2F)nc1-c1ccccc1Br. The molecule has 5 heteroatoms. The summed E-state index contributed by atoms with van der Waals surface area (Å²) < 4.78 is 16.1. The van der Waals surface area contributed by atoms with Crippen LogP contribution >= 0.6 is 15.9 Å². The number of carbonyl (C=O) groups is 1. The highest BCUT2D eigenvalue weighted by molar-refractivity contribution is 9.10. The minimum atomic E-state index is -0.392. The largest absolute Gasteiger partial charge is 0.298 e. The summed E-state index contributed by atoms with van der Waals surface area (Å²) in [5.41, 5.74) is 2.01. The quantitative estimate of drug-likeness (QED) is 0.665. The average molecular weight is 345 g/mol. The maximum atomic E-state index is 13.8. The second kappa shape index (κ2) is 5.61. The van der Waals surface area contributed by atoms with Gasteiger partial charge in [0.2, 0.25) is 0 Å². The lowest BCUT2D eigenvalue weighted by atomic mass is 10.1. The molecule has 0 radical (unpaired) electrons. The Kier molecular flexibility index (Phi) is 3.66. The molecule has 0 spiro atoms. The standard InChI is InChI=1S/C16H10BrFN2O/c17-13-6-2-1-5-12(13)16-11(10-21)9-20(19-16)15-8-4-3-7-14(15)18/h1-10H. The second-order valence-electron chi connectivity index (χ2n) is 4.43. The van der Waals surface area contributed by atoms with Crippen molar-refractivity contribution >= 4 is 22.2 Å². The fourth-order valence-corrected chi connectivity index (χ4v) is 2.57. The summed E-state index contributed by atoms with van der Waals surface area (Å²) in [4.78, 5) is 11.3. The van der Waals surface area contributed by atoms with Crippen molar-refractivity contribution in [2.75, 3.05) is 0 Å². The van der Waals surface area contributed by atoms with Crippen molar-refractivity contribution in [1.82, 2.24) is 9.78 Å². The number of hydrogen-bond acceptors (Lipinski definition) is 2. The van der Waals surface area contributed by atoms with Crippen molar-refractivity contribution in [3.05, 3.63) is 70.6 Å². The van der Waals surface area contributed by atoms with E-state index in [-0.39, 0.29) is 0 Å². The first-order chi connectivity index (χ1) is 10.2. The van der Waals surface area contributed by atoms with Crippen molar-refractivity contribution in [2.45, 2.75) is 0 Å². The van der Waals surface area contributed by atoms with E-state index >= 15 is 0 Å². The zero-order valence-electron chi connectivity index (χ0n) is 10.8. The Hall–Kier alpha value is -2.27. The third-order valence-corrected chi connectivity index (χ3v) is 3.79. The van der Waals surface area contributed by atoms with Crippen LogP contribution in [0.5, 0.6) is 0 Å². The summed E-state index contributed by atoms with van der Waals surface area (Å²) in [5, 5.41) is 4.36. The lowest BCUT2D eigenvalue weighted by Gasteiger charge is -2.03. The molecule has 3 rings (SSSR count). The number of rotatable bonds is 3. The van der Waals surface area contributed by atoms with Crippen LogP contribution in [0.3, 0.4) is 0 Å². The summed E-state index contributed by atoms with van der Waals surface area (Å²) in [6, 6.07) is 13.8. The molecule has 2 aromatic carbocycles. The Bertz CT molecular complexity index is 814. The zero-order valence-corrected chi connectivity index (χ0v) is 12.4. The van der Waals surface area contributed by atoms with Crippen LogP contribution < -0.4 is 0 Å². The van der Waals surface area contributed by atoms with Gasteiger partial charge in [-0.3, -0.25) is 4.79 Å². The van der Waals surface area contributed by atoms with Crippen molar-refractivity contribution in [2.24, 2.45) is 0 Å².